The maximum absolute atomic E-state index is 12.0. The lowest BCUT2D eigenvalue weighted by molar-refractivity contribution is 0.180. The number of nitrogens with one attached hydrogen (secondary N) is 2. The molecule has 0 saturated carbocycles. The third-order valence-corrected chi connectivity index (χ3v) is 3.21. The third kappa shape index (κ3) is 4.99. The largest absolute Gasteiger partial charge is 0.468 e. The highest BCUT2D eigenvalue weighted by Gasteiger charge is 2.28. The van der Waals surface area contributed by atoms with E-state index in [9.17, 15) is 9.59 Å². The first-order valence-corrected chi connectivity index (χ1v) is 7.05. The second-order valence-electron chi connectivity index (χ2n) is 4.20. The van der Waals surface area contributed by atoms with Crippen LogP contribution in [0.15, 0.2) is 30.3 Å². The standard InChI is InChI=1S/C13H18N4O3S/c1-16(2)13(19)17(11(14)20-3)12(18)15-21-9-10-7-5-4-6-8-10/h4-8,14H,9H2,1-3H3,(H,15,18). The molecule has 0 atom stereocenters. The molecule has 2 N–H and O–H groups in total. The molecule has 0 unspecified atom stereocenters. The van der Waals surface area contributed by atoms with Crippen molar-refractivity contribution < 1.29 is 14.3 Å². The van der Waals surface area contributed by atoms with Gasteiger partial charge in [-0.05, 0) is 17.5 Å². The van der Waals surface area contributed by atoms with Gasteiger partial charge in [0.2, 0.25) is 0 Å². The summed E-state index contributed by atoms with van der Waals surface area (Å²) in [4.78, 5) is 25.7. The van der Waals surface area contributed by atoms with E-state index in [0.29, 0.717) is 10.7 Å². The lowest BCUT2D eigenvalue weighted by atomic mass is 10.2. The number of imide groups is 1. The minimum absolute atomic E-state index is 0.536. The van der Waals surface area contributed by atoms with E-state index in [2.05, 4.69) is 9.46 Å². The fourth-order valence-electron chi connectivity index (χ4n) is 1.36. The number of carbonyl (C=O) groups excluding carboxylic acids is 2. The molecule has 0 fully saturated rings. The Morgan fingerprint density at radius 3 is 2.43 bits per heavy atom. The van der Waals surface area contributed by atoms with Gasteiger partial charge in [0.05, 0.1) is 7.11 Å². The molecule has 0 aliphatic heterocycles. The van der Waals surface area contributed by atoms with Gasteiger partial charge < -0.3 is 9.64 Å². The average Bonchev–Trinajstić information content (AvgIpc) is 2.48. The van der Waals surface area contributed by atoms with Gasteiger partial charge in [0, 0.05) is 19.8 Å². The van der Waals surface area contributed by atoms with Crippen LogP contribution in [0.1, 0.15) is 5.56 Å². The van der Waals surface area contributed by atoms with Gasteiger partial charge >= 0.3 is 18.1 Å². The Morgan fingerprint density at radius 2 is 1.90 bits per heavy atom. The Bertz CT molecular complexity index is 507. The lowest BCUT2D eigenvalue weighted by Gasteiger charge is -2.23. The smallest absolute Gasteiger partial charge is 0.343 e. The number of nitrogens with zero attached hydrogens (tertiary/aromatic N) is 2. The second-order valence-corrected chi connectivity index (χ2v) is 4.98. The molecule has 4 amide bonds. The highest BCUT2D eigenvalue weighted by molar-refractivity contribution is 7.97. The van der Waals surface area contributed by atoms with Crippen LogP contribution in [0.2, 0.25) is 0 Å². The lowest BCUT2D eigenvalue weighted by Crippen LogP contribution is -2.50. The quantitative estimate of drug-likeness (QED) is 0.508. The number of amidine groups is 1. The van der Waals surface area contributed by atoms with Crippen molar-refractivity contribution in [1.29, 1.82) is 5.41 Å². The summed E-state index contributed by atoms with van der Waals surface area (Å²) in [7, 11) is 4.20. The van der Waals surface area contributed by atoms with Gasteiger partial charge in [0.25, 0.3) is 0 Å². The molecule has 8 heteroatoms. The fraction of sp³-hybridized carbons (Fsp3) is 0.308. The predicted octanol–water partition coefficient (Wildman–Crippen LogP) is 2.11. The van der Waals surface area contributed by atoms with E-state index in [1.807, 2.05) is 30.3 Å². The number of hydrogen-bond acceptors (Lipinski definition) is 5. The van der Waals surface area contributed by atoms with E-state index in [1.165, 1.54) is 26.1 Å². The van der Waals surface area contributed by atoms with Crippen LogP contribution in [0.5, 0.6) is 0 Å². The van der Waals surface area contributed by atoms with Crippen LogP contribution in [0.25, 0.3) is 0 Å². The Labute approximate surface area is 127 Å². The van der Waals surface area contributed by atoms with E-state index >= 15 is 0 Å². The maximum Gasteiger partial charge on any atom is 0.343 e. The van der Waals surface area contributed by atoms with Crippen LogP contribution in [0.4, 0.5) is 9.59 Å². The Balaban J connectivity index is 2.61. The molecule has 114 valence electrons. The van der Waals surface area contributed by atoms with E-state index in [0.717, 1.165) is 17.5 Å². The van der Waals surface area contributed by atoms with E-state index < -0.39 is 18.1 Å². The van der Waals surface area contributed by atoms with Crippen LogP contribution < -0.4 is 4.72 Å². The zero-order valence-corrected chi connectivity index (χ0v) is 12.9. The number of methoxy groups -OCH3 is 1. The first-order chi connectivity index (χ1) is 9.97. The molecule has 0 bridgehead atoms. The van der Waals surface area contributed by atoms with Crippen molar-refractivity contribution in [3.05, 3.63) is 35.9 Å². The van der Waals surface area contributed by atoms with Crippen molar-refractivity contribution in [3.8, 4) is 0 Å². The van der Waals surface area contributed by atoms with Crippen LogP contribution >= 0.6 is 11.9 Å². The fourth-order valence-corrected chi connectivity index (χ4v) is 2.00. The normalized spacial score (nSPS) is 9.67. The second kappa shape index (κ2) is 8.15. The SMILES string of the molecule is COC(=N)N(C(=O)NSCc1ccccc1)C(=O)N(C)C. The molecule has 1 aromatic carbocycles. The molecule has 21 heavy (non-hydrogen) atoms. The van der Waals surface area contributed by atoms with E-state index in [1.54, 1.807) is 0 Å². The molecule has 1 aromatic rings. The van der Waals surface area contributed by atoms with Crippen LogP contribution in [-0.4, -0.2) is 49.1 Å². The maximum atomic E-state index is 12.0. The van der Waals surface area contributed by atoms with Crippen LogP contribution in [0, 0.1) is 5.41 Å². The molecule has 0 aromatic heterocycles. The predicted molar refractivity (Wildman–Crippen MR) is 81.9 cm³/mol. The molecule has 0 aliphatic carbocycles. The molecular formula is C13H18N4O3S. The van der Waals surface area contributed by atoms with Gasteiger partial charge in [0.15, 0.2) is 0 Å². The molecule has 0 aliphatic rings. The third-order valence-electron chi connectivity index (χ3n) is 2.41. The highest BCUT2D eigenvalue weighted by atomic mass is 32.2. The minimum atomic E-state index is -0.721. The van der Waals surface area contributed by atoms with Crippen molar-refractivity contribution in [2.75, 3.05) is 21.2 Å². The van der Waals surface area contributed by atoms with Crippen molar-refractivity contribution in [2.24, 2.45) is 0 Å². The number of amides is 4. The molecule has 0 spiro atoms. The van der Waals surface area contributed by atoms with Crippen molar-refractivity contribution >= 4 is 30.0 Å². The number of urea groups is 2. The van der Waals surface area contributed by atoms with Crippen LogP contribution in [-0.2, 0) is 10.5 Å². The minimum Gasteiger partial charge on any atom is -0.468 e. The van der Waals surface area contributed by atoms with Crippen LogP contribution in [0.3, 0.4) is 0 Å². The molecule has 7 nitrogen and oxygen atoms in total. The summed E-state index contributed by atoms with van der Waals surface area (Å²) in [5.41, 5.74) is 1.04. The summed E-state index contributed by atoms with van der Waals surface area (Å²) in [6, 6.07) is 7.66. The Kier molecular flexibility index (Phi) is 6.54. The Morgan fingerprint density at radius 1 is 1.29 bits per heavy atom. The van der Waals surface area contributed by atoms with E-state index in [4.69, 9.17) is 5.41 Å². The Hall–Kier alpha value is -2.22. The van der Waals surface area contributed by atoms with Gasteiger partial charge in [-0.2, -0.15) is 4.90 Å². The number of carbonyl (C=O) groups is 2. The molecule has 0 radical (unpaired) electrons. The monoisotopic (exact) mass is 310 g/mol. The van der Waals surface area contributed by atoms with Gasteiger partial charge in [-0.3, -0.25) is 10.1 Å². The first kappa shape index (κ1) is 16.8. The molecule has 0 heterocycles. The first-order valence-electron chi connectivity index (χ1n) is 6.07. The molecular weight excluding hydrogens is 292 g/mol. The zero-order chi connectivity index (χ0) is 15.8. The number of ether oxygens (including phenoxy) is 1. The number of benzene rings is 1. The summed E-state index contributed by atoms with van der Waals surface area (Å²) < 4.78 is 7.18. The van der Waals surface area contributed by atoms with Crippen molar-refractivity contribution in [1.82, 2.24) is 14.5 Å². The van der Waals surface area contributed by atoms with Crippen molar-refractivity contribution in [2.45, 2.75) is 5.75 Å². The van der Waals surface area contributed by atoms with Crippen molar-refractivity contribution in [3.63, 3.8) is 0 Å². The molecule has 1 rings (SSSR count). The number of hydrogen-bond donors (Lipinski definition) is 2. The summed E-state index contributed by atoms with van der Waals surface area (Å²) in [5, 5.41) is 7.53. The summed E-state index contributed by atoms with van der Waals surface area (Å²) >= 11 is 1.14. The van der Waals surface area contributed by atoms with Gasteiger partial charge in [0.1, 0.15) is 0 Å². The summed E-state index contributed by atoms with van der Waals surface area (Å²) in [5.74, 6) is 0.552. The van der Waals surface area contributed by atoms with Gasteiger partial charge in [-0.15, -0.1) is 0 Å². The summed E-state index contributed by atoms with van der Waals surface area (Å²) in [6.07, 6.45) is 0. The number of rotatable bonds is 3. The topological polar surface area (TPSA) is 85.7 Å². The van der Waals surface area contributed by atoms with Gasteiger partial charge in [-0.1, -0.05) is 30.3 Å². The summed E-state index contributed by atoms with van der Waals surface area (Å²) in [6.45, 7) is 0. The molecule has 0 saturated heterocycles. The van der Waals surface area contributed by atoms with Gasteiger partial charge in [-0.25, -0.2) is 9.59 Å². The zero-order valence-electron chi connectivity index (χ0n) is 12.1. The highest BCUT2D eigenvalue weighted by Crippen LogP contribution is 2.09. The average molecular weight is 310 g/mol. The van der Waals surface area contributed by atoms with E-state index in [-0.39, 0.29) is 0 Å².